The number of aryl methyl sites for hydroxylation is 1. The van der Waals surface area contributed by atoms with Crippen molar-refractivity contribution in [2.45, 2.75) is 26.3 Å². The number of rotatable bonds is 6. The smallest absolute Gasteiger partial charge is 0.268 e. The fourth-order valence-corrected chi connectivity index (χ4v) is 2.82. The molecule has 1 amide bonds. The minimum absolute atomic E-state index is 0.0131. The van der Waals surface area contributed by atoms with Gasteiger partial charge in [0.05, 0.1) is 4.88 Å². The molecule has 0 aliphatic carbocycles. The summed E-state index contributed by atoms with van der Waals surface area (Å²) >= 11 is 1.39. The Bertz CT molecular complexity index is 701. The second-order valence-corrected chi connectivity index (χ2v) is 6.21. The van der Waals surface area contributed by atoms with Gasteiger partial charge in [-0.05, 0) is 31.4 Å². The summed E-state index contributed by atoms with van der Waals surface area (Å²) in [6, 6.07) is 4.88. The van der Waals surface area contributed by atoms with Gasteiger partial charge in [0.2, 0.25) is 0 Å². The van der Waals surface area contributed by atoms with Crippen molar-refractivity contribution in [3.8, 4) is 0 Å². The number of nitrogens with zero attached hydrogens (tertiary/aromatic N) is 1. The van der Waals surface area contributed by atoms with Crippen LogP contribution < -0.4 is 5.32 Å². The van der Waals surface area contributed by atoms with Crippen LogP contribution in [0.5, 0.6) is 0 Å². The van der Waals surface area contributed by atoms with Crippen LogP contribution in [0.3, 0.4) is 0 Å². The molecule has 0 saturated carbocycles. The predicted molar refractivity (Wildman–Crippen MR) is 85.6 cm³/mol. The Morgan fingerprint density at radius 2 is 2.09 bits per heavy atom. The van der Waals surface area contributed by atoms with Crippen LogP contribution in [0.4, 0.5) is 0 Å². The molecule has 0 unspecified atom stereocenters. The highest BCUT2D eigenvalue weighted by Gasteiger charge is 2.18. The van der Waals surface area contributed by atoms with Gasteiger partial charge in [-0.25, -0.2) is 0 Å². The van der Waals surface area contributed by atoms with E-state index < -0.39 is 0 Å². The van der Waals surface area contributed by atoms with Crippen LogP contribution in [0.2, 0.25) is 0 Å². The summed E-state index contributed by atoms with van der Waals surface area (Å²) < 4.78 is 1.61. The summed E-state index contributed by atoms with van der Waals surface area (Å²) in [6.45, 7) is 3.25. The quantitative estimate of drug-likeness (QED) is 0.833. The molecule has 0 aliphatic heterocycles. The van der Waals surface area contributed by atoms with Crippen molar-refractivity contribution in [1.82, 2.24) is 9.88 Å². The van der Waals surface area contributed by atoms with Crippen molar-refractivity contribution in [2.24, 2.45) is 7.05 Å². The summed E-state index contributed by atoms with van der Waals surface area (Å²) in [5.41, 5.74) is 0.899. The summed E-state index contributed by atoms with van der Waals surface area (Å²) in [5, 5.41) is 4.65. The topological polar surface area (TPSA) is 68.2 Å². The minimum atomic E-state index is -0.290. The summed E-state index contributed by atoms with van der Waals surface area (Å²) in [4.78, 5) is 36.3. The highest BCUT2D eigenvalue weighted by Crippen LogP contribution is 2.13. The van der Waals surface area contributed by atoms with Crippen LogP contribution in [0.15, 0.2) is 29.8 Å². The molecule has 116 valence electrons. The lowest BCUT2D eigenvalue weighted by atomic mass is 10.1. The first-order valence-corrected chi connectivity index (χ1v) is 7.81. The molecule has 0 saturated heterocycles. The number of carbonyl (C=O) groups is 3. The van der Waals surface area contributed by atoms with E-state index in [0.717, 1.165) is 0 Å². The monoisotopic (exact) mass is 318 g/mol. The molecule has 5 nitrogen and oxygen atoms in total. The van der Waals surface area contributed by atoms with Crippen molar-refractivity contribution in [3.63, 3.8) is 0 Å². The fraction of sp³-hybridized carbons (Fsp3) is 0.312. The van der Waals surface area contributed by atoms with Gasteiger partial charge in [0.1, 0.15) is 5.69 Å². The number of thiophene rings is 1. The molecule has 0 fully saturated rings. The number of amides is 1. The van der Waals surface area contributed by atoms with Crippen molar-refractivity contribution in [1.29, 1.82) is 0 Å². The van der Waals surface area contributed by atoms with E-state index in [0.29, 0.717) is 16.1 Å². The minimum Gasteiger partial charge on any atom is -0.348 e. The normalized spacial score (nSPS) is 12.0. The lowest BCUT2D eigenvalue weighted by molar-refractivity contribution is 0.0912. The maximum atomic E-state index is 12.2. The number of ketones is 2. The Morgan fingerprint density at radius 3 is 2.64 bits per heavy atom. The SMILES string of the molecule is CC(=O)c1cc(C(=O)N[C@@H](C)CC(=O)c2cccs2)n(C)c1. The summed E-state index contributed by atoms with van der Waals surface area (Å²) in [7, 11) is 1.71. The third-order valence-corrected chi connectivity index (χ3v) is 4.22. The average Bonchev–Trinajstić information content (AvgIpc) is 3.07. The van der Waals surface area contributed by atoms with Crippen LogP contribution in [-0.2, 0) is 7.05 Å². The van der Waals surface area contributed by atoms with Gasteiger partial charge in [0, 0.05) is 31.3 Å². The zero-order valence-electron chi connectivity index (χ0n) is 12.8. The molecule has 0 radical (unpaired) electrons. The van der Waals surface area contributed by atoms with Gasteiger partial charge in [0.25, 0.3) is 5.91 Å². The van der Waals surface area contributed by atoms with E-state index in [-0.39, 0.29) is 29.9 Å². The van der Waals surface area contributed by atoms with Gasteiger partial charge < -0.3 is 9.88 Å². The van der Waals surface area contributed by atoms with Gasteiger partial charge in [-0.1, -0.05) is 6.07 Å². The number of Topliss-reactive ketones (excluding diaryl/α,β-unsaturated/α-hetero) is 2. The number of carbonyl (C=O) groups excluding carboxylic acids is 3. The predicted octanol–water partition coefficient (Wildman–Crippen LogP) is 2.68. The fourth-order valence-electron chi connectivity index (χ4n) is 2.15. The molecule has 2 rings (SSSR count). The molecule has 2 aromatic heterocycles. The van der Waals surface area contributed by atoms with Crippen LogP contribution in [0.1, 0.15) is 50.8 Å². The van der Waals surface area contributed by atoms with Crippen LogP contribution in [-0.4, -0.2) is 28.1 Å². The van der Waals surface area contributed by atoms with E-state index in [1.807, 2.05) is 11.4 Å². The first-order valence-electron chi connectivity index (χ1n) is 6.93. The second kappa shape index (κ2) is 6.70. The third-order valence-electron chi connectivity index (χ3n) is 3.31. The Labute approximate surface area is 133 Å². The number of aromatic nitrogens is 1. The molecule has 6 heteroatoms. The number of nitrogens with one attached hydrogen (secondary N) is 1. The van der Waals surface area contributed by atoms with E-state index >= 15 is 0 Å². The Balaban J connectivity index is 1.99. The lowest BCUT2D eigenvalue weighted by Crippen LogP contribution is -2.35. The van der Waals surface area contributed by atoms with Gasteiger partial charge in [-0.3, -0.25) is 14.4 Å². The Morgan fingerprint density at radius 1 is 1.36 bits per heavy atom. The van der Waals surface area contributed by atoms with E-state index in [2.05, 4.69) is 5.32 Å². The van der Waals surface area contributed by atoms with Gasteiger partial charge in [-0.2, -0.15) is 0 Å². The highest BCUT2D eigenvalue weighted by atomic mass is 32.1. The van der Waals surface area contributed by atoms with Crippen molar-refractivity contribution in [3.05, 3.63) is 45.9 Å². The van der Waals surface area contributed by atoms with Gasteiger partial charge >= 0.3 is 0 Å². The van der Waals surface area contributed by atoms with Crippen molar-refractivity contribution < 1.29 is 14.4 Å². The summed E-state index contributed by atoms with van der Waals surface area (Å²) in [6.07, 6.45) is 1.87. The molecule has 2 aromatic rings. The molecule has 1 atom stereocenters. The zero-order chi connectivity index (χ0) is 16.3. The van der Waals surface area contributed by atoms with Crippen molar-refractivity contribution >= 4 is 28.8 Å². The summed E-state index contributed by atoms with van der Waals surface area (Å²) in [5.74, 6) is -0.365. The first kappa shape index (κ1) is 16.2. The molecular formula is C16H18N2O3S. The molecule has 22 heavy (non-hydrogen) atoms. The zero-order valence-corrected chi connectivity index (χ0v) is 13.6. The first-order chi connectivity index (χ1) is 10.4. The number of hydrogen-bond acceptors (Lipinski definition) is 4. The van der Waals surface area contributed by atoms with E-state index in [1.165, 1.54) is 18.3 Å². The van der Waals surface area contributed by atoms with E-state index in [1.54, 1.807) is 36.9 Å². The molecule has 0 aliphatic rings. The maximum absolute atomic E-state index is 12.2. The molecule has 1 N–H and O–H groups in total. The van der Waals surface area contributed by atoms with Crippen molar-refractivity contribution in [2.75, 3.05) is 0 Å². The molecule has 0 bridgehead atoms. The average molecular weight is 318 g/mol. The van der Waals surface area contributed by atoms with Crippen LogP contribution >= 0.6 is 11.3 Å². The largest absolute Gasteiger partial charge is 0.348 e. The maximum Gasteiger partial charge on any atom is 0.268 e. The molecular weight excluding hydrogens is 300 g/mol. The lowest BCUT2D eigenvalue weighted by Gasteiger charge is -2.13. The number of hydrogen-bond donors (Lipinski definition) is 1. The van der Waals surface area contributed by atoms with E-state index in [4.69, 9.17) is 0 Å². The second-order valence-electron chi connectivity index (χ2n) is 5.26. The van der Waals surface area contributed by atoms with Crippen LogP contribution in [0.25, 0.3) is 0 Å². The van der Waals surface area contributed by atoms with Gasteiger partial charge in [0.15, 0.2) is 11.6 Å². The Hall–Kier alpha value is -2.21. The van der Waals surface area contributed by atoms with Crippen LogP contribution in [0, 0.1) is 0 Å². The standard InChI is InChI=1S/C16H18N2O3S/c1-10(7-14(20)15-5-4-6-22-15)17-16(21)13-8-12(11(2)19)9-18(13)3/h4-6,8-10H,7H2,1-3H3,(H,17,21)/t10-/m0/s1. The molecule has 0 spiro atoms. The highest BCUT2D eigenvalue weighted by molar-refractivity contribution is 7.12. The third kappa shape index (κ3) is 3.71. The van der Waals surface area contributed by atoms with Gasteiger partial charge in [-0.15, -0.1) is 11.3 Å². The molecule has 2 heterocycles. The Kier molecular flexibility index (Phi) is 4.92. The molecule has 0 aromatic carbocycles. The van der Waals surface area contributed by atoms with E-state index in [9.17, 15) is 14.4 Å².